The van der Waals surface area contributed by atoms with E-state index >= 15 is 0 Å². The summed E-state index contributed by atoms with van der Waals surface area (Å²) in [5.41, 5.74) is 0.906. The van der Waals surface area contributed by atoms with Crippen molar-refractivity contribution >= 4 is 11.9 Å². The van der Waals surface area contributed by atoms with Crippen LogP contribution in [-0.2, 0) is 16.1 Å². The first-order valence-electron chi connectivity index (χ1n) is 6.02. The molecule has 1 atom stereocenters. The number of hydrogen-bond donors (Lipinski definition) is 1. The lowest BCUT2D eigenvalue weighted by Gasteiger charge is -2.16. The monoisotopic (exact) mass is 263 g/mol. The highest BCUT2D eigenvalue weighted by molar-refractivity contribution is 5.86. The minimum atomic E-state index is -0.915. The van der Waals surface area contributed by atoms with E-state index in [1.807, 2.05) is 12.1 Å². The summed E-state index contributed by atoms with van der Waals surface area (Å²) in [4.78, 5) is 24.2. The molecule has 1 amide bonds. The molecule has 100 valence electrons. The molecule has 0 unspecified atom stereocenters. The predicted octanol–water partition coefficient (Wildman–Crippen LogP) is 0.848. The fraction of sp³-hybridized carbons (Fsp3) is 0.385. The van der Waals surface area contributed by atoms with E-state index in [0.29, 0.717) is 18.0 Å². The predicted molar refractivity (Wildman–Crippen MR) is 63.7 cm³/mol. The Morgan fingerprint density at radius 2 is 2.16 bits per heavy atom. The minimum Gasteiger partial charge on any atom is -0.481 e. The van der Waals surface area contributed by atoms with E-state index in [9.17, 15) is 9.59 Å². The number of carbonyl (C=O) groups excluding carboxylic acids is 1. The number of ether oxygens (including phenoxy) is 2. The molecule has 0 bridgehead atoms. The fourth-order valence-corrected chi connectivity index (χ4v) is 2.35. The molecule has 0 saturated carbocycles. The van der Waals surface area contributed by atoms with Gasteiger partial charge in [0.1, 0.15) is 0 Å². The molecule has 2 aliphatic heterocycles. The number of likely N-dealkylation sites (tertiary alicyclic amines) is 1. The van der Waals surface area contributed by atoms with Gasteiger partial charge in [-0.15, -0.1) is 0 Å². The lowest BCUT2D eigenvalue weighted by molar-refractivity contribution is -0.141. The summed E-state index contributed by atoms with van der Waals surface area (Å²) in [6.45, 7) is 0.879. The summed E-state index contributed by atoms with van der Waals surface area (Å²) in [5, 5.41) is 8.93. The maximum Gasteiger partial charge on any atom is 0.308 e. The number of hydrogen-bond acceptors (Lipinski definition) is 4. The molecule has 0 spiro atoms. The van der Waals surface area contributed by atoms with Crippen LogP contribution in [0.25, 0.3) is 0 Å². The quantitative estimate of drug-likeness (QED) is 0.874. The SMILES string of the molecule is O=C(O)[C@@H]1CC(=O)N(Cc2ccc3c(c2)OCO3)C1. The summed E-state index contributed by atoms with van der Waals surface area (Å²) < 4.78 is 10.5. The van der Waals surface area contributed by atoms with E-state index in [2.05, 4.69) is 0 Å². The first kappa shape index (κ1) is 11.8. The van der Waals surface area contributed by atoms with Gasteiger partial charge in [-0.2, -0.15) is 0 Å². The molecule has 1 fully saturated rings. The number of benzene rings is 1. The second-order valence-electron chi connectivity index (χ2n) is 4.70. The van der Waals surface area contributed by atoms with Crippen LogP contribution >= 0.6 is 0 Å². The van der Waals surface area contributed by atoms with Crippen LogP contribution in [0.1, 0.15) is 12.0 Å². The van der Waals surface area contributed by atoms with Crippen LogP contribution in [-0.4, -0.2) is 35.2 Å². The molecule has 19 heavy (non-hydrogen) atoms. The summed E-state index contributed by atoms with van der Waals surface area (Å²) in [7, 11) is 0. The third kappa shape index (κ3) is 2.21. The number of carbonyl (C=O) groups is 2. The Morgan fingerprint density at radius 1 is 1.37 bits per heavy atom. The highest BCUT2D eigenvalue weighted by Gasteiger charge is 2.34. The van der Waals surface area contributed by atoms with Crippen molar-refractivity contribution in [2.24, 2.45) is 5.92 Å². The van der Waals surface area contributed by atoms with Crippen molar-refractivity contribution in [1.82, 2.24) is 4.90 Å². The van der Waals surface area contributed by atoms with Gasteiger partial charge in [0.05, 0.1) is 5.92 Å². The van der Waals surface area contributed by atoms with Gasteiger partial charge in [-0.05, 0) is 17.7 Å². The molecule has 2 aliphatic rings. The van der Waals surface area contributed by atoms with Crippen molar-refractivity contribution in [2.45, 2.75) is 13.0 Å². The van der Waals surface area contributed by atoms with Gasteiger partial charge in [-0.3, -0.25) is 9.59 Å². The van der Waals surface area contributed by atoms with Crippen molar-refractivity contribution in [1.29, 1.82) is 0 Å². The van der Waals surface area contributed by atoms with E-state index in [-0.39, 0.29) is 25.7 Å². The Bertz CT molecular complexity index is 542. The number of carboxylic acids is 1. The zero-order valence-corrected chi connectivity index (χ0v) is 10.2. The van der Waals surface area contributed by atoms with E-state index in [4.69, 9.17) is 14.6 Å². The zero-order valence-electron chi connectivity index (χ0n) is 10.2. The third-order valence-electron chi connectivity index (χ3n) is 3.37. The molecule has 2 heterocycles. The topological polar surface area (TPSA) is 76.1 Å². The Kier molecular flexibility index (Phi) is 2.77. The van der Waals surface area contributed by atoms with Crippen LogP contribution in [0.5, 0.6) is 11.5 Å². The van der Waals surface area contributed by atoms with E-state index in [0.717, 1.165) is 5.56 Å². The zero-order chi connectivity index (χ0) is 13.4. The number of amides is 1. The van der Waals surface area contributed by atoms with Gasteiger partial charge in [0.2, 0.25) is 12.7 Å². The highest BCUT2D eigenvalue weighted by atomic mass is 16.7. The molecule has 0 aromatic heterocycles. The summed E-state index contributed by atoms with van der Waals surface area (Å²) >= 11 is 0. The number of aliphatic carboxylic acids is 1. The maximum absolute atomic E-state index is 11.7. The lowest BCUT2D eigenvalue weighted by Crippen LogP contribution is -2.25. The molecule has 1 saturated heterocycles. The molecule has 1 aromatic rings. The molecule has 1 N–H and O–H groups in total. The number of carboxylic acid groups (broad SMARTS) is 1. The van der Waals surface area contributed by atoms with Crippen molar-refractivity contribution < 1.29 is 24.2 Å². The van der Waals surface area contributed by atoms with Gasteiger partial charge in [0.15, 0.2) is 11.5 Å². The van der Waals surface area contributed by atoms with Crippen LogP contribution in [0.4, 0.5) is 0 Å². The van der Waals surface area contributed by atoms with Crippen molar-refractivity contribution in [3.63, 3.8) is 0 Å². The van der Waals surface area contributed by atoms with Crippen LogP contribution in [0, 0.1) is 5.92 Å². The first-order chi connectivity index (χ1) is 9.13. The molecule has 1 aromatic carbocycles. The first-order valence-corrected chi connectivity index (χ1v) is 6.02. The Morgan fingerprint density at radius 3 is 2.89 bits per heavy atom. The van der Waals surface area contributed by atoms with Gasteiger partial charge < -0.3 is 19.5 Å². The third-order valence-corrected chi connectivity index (χ3v) is 3.37. The minimum absolute atomic E-state index is 0.0832. The molecule has 0 radical (unpaired) electrons. The van der Waals surface area contributed by atoms with Gasteiger partial charge in [-0.1, -0.05) is 6.07 Å². The van der Waals surface area contributed by atoms with Crippen molar-refractivity contribution in [3.05, 3.63) is 23.8 Å². The lowest BCUT2D eigenvalue weighted by atomic mass is 10.1. The molecular weight excluding hydrogens is 250 g/mol. The smallest absolute Gasteiger partial charge is 0.308 e. The van der Waals surface area contributed by atoms with Gasteiger partial charge in [0, 0.05) is 19.5 Å². The Hall–Kier alpha value is -2.24. The number of rotatable bonds is 3. The Labute approximate surface area is 109 Å². The molecular formula is C13H13NO5. The van der Waals surface area contributed by atoms with Gasteiger partial charge in [-0.25, -0.2) is 0 Å². The van der Waals surface area contributed by atoms with Crippen LogP contribution in [0.15, 0.2) is 18.2 Å². The van der Waals surface area contributed by atoms with E-state index in [1.54, 1.807) is 11.0 Å². The van der Waals surface area contributed by atoms with Gasteiger partial charge >= 0.3 is 5.97 Å². The summed E-state index contributed by atoms with van der Waals surface area (Å²) in [5.74, 6) is -0.271. The second kappa shape index (κ2) is 4.46. The average Bonchev–Trinajstić information content (AvgIpc) is 2.96. The highest BCUT2D eigenvalue weighted by Crippen LogP contribution is 2.33. The van der Waals surface area contributed by atoms with Crippen LogP contribution in [0.2, 0.25) is 0 Å². The van der Waals surface area contributed by atoms with Crippen LogP contribution < -0.4 is 9.47 Å². The molecule has 0 aliphatic carbocycles. The van der Waals surface area contributed by atoms with Crippen molar-refractivity contribution in [3.8, 4) is 11.5 Å². The van der Waals surface area contributed by atoms with Crippen molar-refractivity contribution in [2.75, 3.05) is 13.3 Å². The number of nitrogens with zero attached hydrogens (tertiary/aromatic N) is 1. The number of fused-ring (bicyclic) bond motifs is 1. The van der Waals surface area contributed by atoms with E-state index < -0.39 is 11.9 Å². The van der Waals surface area contributed by atoms with Crippen LogP contribution in [0.3, 0.4) is 0 Å². The van der Waals surface area contributed by atoms with Gasteiger partial charge in [0.25, 0.3) is 0 Å². The average molecular weight is 263 g/mol. The largest absolute Gasteiger partial charge is 0.481 e. The summed E-state index contributed by atoms with van der Waals surface area (Å²) in [6.07, 6.45) is 0.0832. The molecule has 6 nitrogen and oxygen atoms in total. The second-order valence-corrected chi connectivity index (χ2v) is 4.70. The Balaban J connectivity index is 1.72. The molecule has 6 heteroatoms. The maximum atomic E-state index is 11.7. The summed E-state index contributed by atoms with van der Waals surface area (Å²) in [6, 6.07) is 5.48. The van der Waals surface area contributed by atoms with E-state index in [1.165, 1.54) is 0 Å². The fourth-order valence-electron chi connectivity index (χ4n) is 2.35. The molecule has 3 rings (SSSR count). The standard InChI is InChI=1S/C13H13NO5/c15-12-4-9(13(16)17)6-14(12)5-8-1-2-10-11(3-8)19-7-18-10/h1-3,9H,4-7H2,(H,16,17)/t9-/m1/s1. The normalized spacial score (nSPS) is 20.9.